The number of nitrogens with zero attached hydrogens (tertiary/aromatic N) is 4. The molecule has 0 atom stereocenters. The fourth-order valence-corrected chi connectivity index (χ4v) is 3.11. The lowest BCUT2D eigenvalue weighted by Crippen LogP contribution is -2.37. The number of aromatic nitrogens is 3. The summed E-state index contributed by atoms with van der Waals surface area (Å²) in [5, 5.41) is 3.36. The predicted molar refractivity (Wildman–Crippen MR) is 105 cm³/mol. The molecular formula is C17H20Cl3N5O. The average Bonchev–Trinajstić information content (AvgIpc) is 2.62. The molecule has 1 fully saturated rings. The topological polar surface area (TPSA) is 63.2 Å². The lowest BCUT2D eigenvalue weighted by atomic mass is 10.1. The molecule has 1 aliphatic rings. The highest BCUT2D eigenvalue weighted by molar-refractivity contribution is 6.66. The van der Waals surface area contributed by atoms with Gasteiger partial charge in [0.05, 0.1) is 12.7 Å². The van der Waals surface area contributed by atoms with Gasteiger partial charge in [-0.2, -0.15) is 9.97 Å². The van der Waals surface area contributed by atoms with Crippen molar-refractivity contribution < 1.29 is 4.74 Å². The number of rotatable bonds is 4. The third-order valence-corrected chi connectivity index (χ3v) is 4.80. The first-order valence-electron chi connectivity index (χ1n) is 8.28. The maximum absolute atomic E-state index is 6.04. The summed E-state index contributed by atoms with van der Waals surface area (Å²) in [7, 11) is 3.70. The molecule has 1 aromatic heterocycles. The van der Waals surface area contributed by atoms with Crippen molar-refractivity contribution in [1.82, 2.24) is 19.9 Å². The van der Waals surface area contributed by atoms with Gasteiger partial charge in [0.2, 0.25) is 9.74 Å². The largest absolute Gasteiger partial charge is 0.496 e. The van der Waals surface area contributed by atoms with E-state index in [0.717, 1.165) is 25.9 Å². The molecule has 26 heavy (non-hydrogen) atoms. The van der Waals surface area contributed by atoms with Crippen molar-refractivity contribution in [2.75, 3.05) is 32.6 Å². The molecule has 2 heterocycles. The van der Waals surface area contributed by atoms with Gasteiger partial charge in [-0.15, -0.1) is 0 Å². The van der Waals surface area contributed by atoms with E-state index in [1.54, 1.807) is 7.11 Å². The Kier molecular flexibility index (Phi) is 6.07. The summed E-state index contributed by atoms with van der Waals surface area (Å²) in [5.74, 6) is 1.51. The van der Waals surface area contributed by atoms with Crippen LogP contribution in [-0.2, 0) is 3.79 Å². The third kappa shape index (κ3) is 4.68. The monoisotopic (exact) mass is 415 g/mol. The standard InChI is InChI=1S/C17H20Cl3N5O/c1-25-9-7-11(8-10-25)21-16-23-14(22-15(24-16)17(18,19)20)12-5-3-4-6-13(12)26-2/h3-6,11H,7-10H2,1-2H3,(H,21,22,23,24). The number of likely N-dealkylation sites (tertiary alicyclic amines) is 1. The number of ether oxygens (including phenoxy) is 1. The molecule has 140 valence electrons. The molecule has 9 heteroatoms. The van der Waals surface area contributed by atoms with Crippen LogP contribution >= 0.6 is 34.8 Å². The molecular weight excluding hydrogens is 397 g/mol. The predicted octanol–water partition coefficient (Wildman–Crippen LogP) is 3.88. The zero-order valence-electron chi connectivity index (χ0n) is 14.5. The van der Waals surface area contributed by atoms with Gasteiger partial charge < -0.3 is 15.0 Å². The van der Waals surface area contributed by atoms with Gasteiger partial charge in [-0.1, -0.05) is 46.9 Å². The highest BCUT2D eigenvalue weighted by Gasteiger charge is 2.29. The molecule has 0 bridgehead atoms. The maximum Gasteiger partial charge on any atom is 0.250 e. The van der Waals surface area contributed by atoms with E-state index in [1.807, 2.05) is 24.3 Å². The molecule has 0 amide bonds. The first-order valence-corrected chi connectivity index (χ1v) is 9.42. The zero-order valence-corrected chi connectivity index (χ0v) is 16.8. The zero-order chi connectivity index (χ0) is 18.7. The lowest BCUT2D eigenvalue weighted by Gasteiger charge is -2.29. The fourth-order valence-electron chi connectivity index (χ4n) is 2.85. The molecule has 1 aromatic carbocycles. The van der Waals surface area contributed by atoms with Crippen molar-refractivity contribution in [3.63, 3.8) is 0 Å². The second kappa shape index (κ2) is 8.13. The smallest absolute Gasteiger partial charge is 0.250 e. The van der Waals surface area contributed by atoms with Crippen LogP contribution < -0.4 is 10.1 Å². The second-order valence-electron chi connectivity index (χ2n) is 6.23. The summed E-state index contributed by atoms with van der Waals surface area (Å²) in [5.41, 5.74) is 0.708. The minimum atomic E-state index is -1.75. The van der Waals surface area contributed by atoms with E-state index < -0.39 is 3.79 Å². The van der Waals surface area contributed by atoms with Crippen LogP contribution in [0.2, 0.25) is 0 Å². The van der Waals surface area contributed by atoms with Crippen molar-refractivity contribution in [3.05, 3.63) is 30.1 Å². The van der Waals surface area contributed by atoms with Gasteiger partial charge in [0.1, 0.15) is 5.75 Å². The van der Waals surface area contributed by atoms with Crippen LogP contribution in [0, 0.1) is 0 Å². The minimum Gasteiger partial charge on any atom is -0.496 e. The van der Waals surface area contributed by atoms with Crippen LogP contribution in [0.5, 0.6) is 5.75 Å². The Labute approximate surface area is 167 Å². The van der Waals surface area contributed by atoms with Crippen molar-refractivity contribution in [1.29, 1.82) is 0 Å². The summed E-state index contributed by atoms with van der Waals surface area (Å²) in [6.07, 6.45) is 1.99. The van der Waals surface area contributed by atoms with Crippen molar-refractivity contribution in [3.8, 4) is 17.1 Å². The molecule has 3 rings (SSSR count). The van der Waals surface area contributed by atoms with Crippen LogP contribution in [0.25, 0.3) is 11.4 Å². The van der Waals surface area contributed by atoms with Crippen molar-refractivity contribution >= 4 is 40.8 Å². The van der Waals surface area contributed by atoms with E-state index in [9.17, 15) is 0 Å². The van der Waals surface area contributed by atoms with Crippen LogP contribution in [0.4, 0.5) is 5.95 Å². The van der Waals surface area contributed by atoms with Gasteiger partial charge in [0, 0.05) is 6.04 Å². The highest BCUT2D eigenvalue weighted by atomic mass is 35.6. The summed E-state index contributed by atoms with van der Waals surface area (Å²) in [6, 6.07) is 7.70. The van der Waals surface area contributed by atoms with Gasteiger partial charge in [-0.05, 0) is 45.1 Å². The molecule has 0 spiro atoms. The molecule has 2 aromatic rings. The Hall–Kier alpha value is -1.34. The second-order valence-corrected chi connectivity index (χ2v) is 8.51. The van der Waals surface area contributed by atoms with Gasteiger partial charge in [-0.3, -0.25) is 0 Å². The molecule has 0 saturated carbocycles. The number of piperidine rings is 1. The molecule has 1 aliphatic heterocycles. The van der Waals surface area contributed by atoms with Crippen LogP contribution in [0.3, 0.4) is 0 Å². The molecule has 6 nitrogen and oxygen atoms in total. The van der Waals surface area contributed by atoms with E-state index in [4.69, 9.17) is 39.5 Å². The van der Waals surface area contributed by atoms with Crippen molar-refractivity contribution in [2.45, 2.75) is 22.7 Å². The van der Waals surface area contributed by atoms with Gasteiger partial charge >= 0.3 is 0 Å². The van der Waals surface area contributed by atoms with E-state index >= 15 is 0 Å². The number of halogens is 3. The number of para-hydroxylation sites is 1. The first-order chi connectivity index (χ1) is 12.4. The summed E-state index contributed by atoms with van der Waals surface area (Å²) in [4.78, 5) is 15.5. The van der Waals surface area contributed by atoms with E-state index in [-0.39, 0.29) is 11.9 Å². The number of anilines is 1. The number of alkyl halides is 3. The highest BCUT2D eigenvalue weighted by Crippen LogP contribution is 2.37. The Morgan fingerprint density at radius 1 is 1.12 bits per heavy atom. The lowest BCUT2D eigenvalue weighted by molar-refractivity contribution is 0.263. The molecule has 1 saturated heterocycles. The SMILES string of the molecule is COc1ccccc1-c1nc(NC2CCN(C)CC2)nc(C(Cl)(Cl)Cl)n1. The van der Waals surface area contributed by atoms with Crippen LogP contribution in [0.15, 0.2) is 24.3 Å². The Morgan fingerprint density at radius 3 is 2.46 bits per heavy atom. The number of hydrogen-bond acceptors (Lipinski definition) is 6. The number of benzene rings is 1. The van der Waals surface area contributed by atoms with Crippen LogP contribution in [0.1, 0.15) is 18.7 Å². The molecule has 0 radical (unpaired) electrons. The summed E-state index contributed by atoms with van der Waals surface area (Å²) in [6.45, 7) is 2.03. The quantitative estimate of drug-likeness (QED) is 0.763. The van der Waals surface area contributed by atoms with Gasteiger partial charge in [0.25, 0.3) is 0 Å². The Morgan fingerprint density at radius 2 is 1.81 bits per heavy atom. The van der Waals surface area contributed by atoms with Crippen LogP contribution in [-0.4, -0.2) is 53.1 Å². The van der Waals surface area contributed by atoms with Crippen molar-refractivity contribution in [2.24, 2.45) is 0 Å². The normalized spacial score (nSPS) is 16.5. The molecule has 0 aliphatic carbocycles. The van der Waals surface area contributed by atoms with E-state index in [0.29, 0.717) is 23.1 Å². The average molecular weight is 417 g/mol. The fraction of sp³-hybridized carbons (Fsp3) is 0.471. The van der Waals surface area contributed by atoms with E-state index in [2.05, 4.69) is 32.2 Å². The van der Waals surface area contributed by atoms with E-state index in [1.165, 1.54) is 0 Å². The number of methoxy groups -OCH3 is 1. The number of nitrogens with one attached hydrogen (secondary N) is 1. The molecule has 1 N–H and O–H groups in total. The summed E-state index contributed by atoms with van der Waals surface area (Å²) >= 11 is 18.1. The van der Waals surface area contributed by atoms with Gasteiger partial charge in [-0.25, -0.2) is 4.98 Å². The Bertz CT molecular complexity index is 760. The van der Waals surface area contributed by atoms with Gasteiger partial charge in [0.15, 0.2) is 11.6 Å². The number of hydrogen-bond donors (Lipinski definition) is 1. The third-order valence-electron chi connectivity index (χ3n) is 4.29. The maximum atomic E-state index is 6.04. The Balaban J connectivity index is 1.97. The summed E-state index contributed by atoms with van der Waals surface area (Å²) < 4.78 is 3.65. The molecule has 0 unspecified atom stereocenters. The first kappa shape index (κ1) is 19.4. The minimum absolute atomic E-state index is 0.0776.